The fraction of sp³-hybridized carbons (Fsp3) is 0.472. The molecule has 250 valence electrons. The van der Waals surface area contributed by atoms with Crippen LogP contribution in [0.5, 0.6) is 0 Å². The number of aryl methyl sites for hydroxylation is 2. The maximum absolute atomic E-state index is 13.9. The molecule has 3 aliphatic heterocycles. The van der Waals surface area contributed by atoms with Crippen LogP contribution in [-0.4, -0.2) is 86.4 Å². The van der Waals surface area contributed by atoms with E-state index in [4.69, 9.17) is 14.7 Å². The van der Waals surface area contributed by atoms with Crippen LogP contribution in [0.3, 0.4) is 0 Å². The highest BCUT2D eigenvalue weighted by atomic mass is 16.5. The van der Waals surface area contributed by atoms with Gasteiger partial charge in [0.1, 0.15) is 28.8 Å². The van der Waals surface area contributed by atoms with E-state index in [1.807, 2.05) is 23.2 Å². The van der Waals surface area contributed by atoms with Crippen molar-refractivity contribution in [1.82, 2.24) is 29.0 Å². The zero-order chi connectivity index (χ0) is 32.9. The van der Waals surface area contributed by atoms with E-state index in [-0.39, 0.29) is 11.5 Å². The minimum Gasteiger partial charge on any atom is -0.378 e. The lowest BCUT2D eigenvalue weighted by molar-refractivity contribution is -0.0692. The second-order valence-corrected chi connectivity index (χ2v) is 13.5. The van der Waals surface area contributed by atoms with Crippen LogP contribution < -0.4 is 20.7 Å². The molecule has 12 heteroatoms. The van der Waals surface area contributed by atoms with E-state index in [9.17, 15) is 9.59 Å². The monoisotopic (exact) mass is 649 g/mol. The zero-order valence-corrected chi connectivity index (χ0v) is 28.0. The molecule has 7 heterocycles. The number of carbonyl (C=O) groups is 1. The molecule has 0 bridgehead atoms. The zero-order valence-electron chi connectivity index (χ0n) is 28.0. The van der Waals surface area contributed by atoms with E-state index in [1.165, 1.54) is 24.1 Å². The summed E-state index contributed by atoms with van der Waals surface area (Å²) in [5, 5.41) is 3.23. The van der Waals surface area contributed by atoms with Gasteiger partial charge in [0.05, 0.1) is 31.6 Å². The Hall–Kier alpha value is -4.55. The average molecular weight is 650 g/mol. The Morgan fingerprint density at radius 3 is 2.60 bits per heavy atom. The Morgan fingerprint density at radius 1 is 1.00 bits per heavy atom. The quantitative estimate of drug-likeness (QED) is 0.320. The van der Waals surface area contributed by atoms with Gasteiger partial charge in [-0.2, -0.15) is 0 Å². The molecule has 4 aliphatic rings. The summed E-state index contributed by atoms with van der Waals surface area (Å²) in [5.74, 6) is 2.02. The molecular formula is C36H43N9O3. The van der Waals surface area contributed by atoms with E-state index >= 15 is 0 Å². The number of aromatic nitrogens is 5. The van der Waals surface area contributed by atoms with Crippen molar-refractivity contribution in [3.8, 4) is 11.1 Å². The summed E-state index contributed by atoms with van der Waals surface area (Å²) >= 11 is 0. The summed E-state index contributed by atoms with van der Waals surface area (Å²) < 4.78 is 9.20. The van der Waals surface area contributed by atoms with Crippen molar-refractivity contribution in [3.05, 3.63) is 75.9 Å². The van der Waals surface area contributed by atoms with Crippen molar-refractivity contribution in [2.24, 2.45) is 7.05 Å². The largest absolute Gasteiger partial charge is 0.378 e. The number of piperazine rings is 1. The highest BCUT2D eigenvalue weighted by molar-refractivity contribution is 6.06. The number of pyridine rings is 2. The van der Waals surface area contributed by atoms with Gasteiger partial charge in [0.25, 0.3) is 11.5 Å². The van der Waals surface area contributed by atoms with E-state index in [2.05, 4.69) is 44.6 Å². The number of hydrogen-bond acceptors (Lipinski definition) is 9. The number of nitrogens with one attached hydrogen (secondary N) is 1. The minimum atomic E-state index is -0.169. The Bertz CT molecular complexity index is 1910. The standard InChI is InChI=1S/C36H43N9O3/c1-4-27-28(9-10-37-34(27)45-14-13-44-30-8-6-5-7-24(30)16-31(44)36(45)47)25-15-29(35(46)41(3)20-25)40-32-17-39-33(18-38-32)43-12-11-42(19-23(43)2)26-21-48-22-26/h9-10,15-18,20,23,26H,4-8,11-14,19,21-22H2,1-3H3,(H,38,40)/t23-/m0/s1. The van der Waals surface area contributed by atoms with Crippen LogP contribution in [-0.2, 0) is 37.6 Å². The highest BCUT2D eigenvalue weighted by Gasteiger charge is 2.34. The number of rotatable bonds is 7. The van der Waals surface area contributed by atoms with E-state index in [1.54, 1.807) is 30.2 Å². The third-order valence-electron chi connectivity index (χ3n) is 10.5. The molecule has 1 atom stereocenters. The molecule has 1 amide bonds. The van der Waals surface area contributed by atoms with Crippen LogP contribution in [0.2, 0.25) is 0 Å². The van der Waals surface area contributed by atoms with Gasteiger partial charge in [0, 0.05) is 75.0 Å². The molecule has 2 saturated heterocycles. The first-order valence-corrected chi connectivity index (χ1v) is 17.3. The van der Waals surface area contributed by atoms with Crippen molar-refractivity contribution >= 4 is 29.0 Å². The Kier molecular flexibility index (Phi) is 8.00. The summed E-state index contributed by atoms with van der Waals surface area (Å²) in [6.07, 6.45) is 12.2. The van der Waals surface area contributed by atoms with E-state index < -0.39 is 0 Å². The number of fused-ring (bicyclic) bond motifs is 3. The van der Waals surface area contributed by atoms with Gasteiger partial charge in [-0.1, -0.05) is 6.92 Å². The molecular weight excluding hydrogens is 606 g/mol. The molecule has 0 radical (unpaired) electrons. The second-order valence-electron chi connectivity index (χ2n) is 13.5. The molecule has 4 aromatic heterocycles. The van der Waals surface area contributed by atoms with Crippen LogP contribution in [0, 0.1) is 0 Å². The first-order valence-electron chi connectivity index (χ1n) is 17.3. The molecule has 0 aromatic carbocycles. The van der Waals surface area contributed by atoms with Crippen molar-refractivity contribution in [3.63, 3.8) is 0 Å². The van der Waals surface area contributed by atoms with Gasteiger partial charge in [0.15, 0.2) is 0 Å². The number of ether oxygens (including phenoxy) is 1. The van der Waals surface area contributed by atoms with Gasteiger partial charge in [-0.15, -0.1) is 0 Å². The van der Waals surface area contributed by atoms with Crippen molar-refractivity contribution in [2.75, 3.05) is 54.5 Å². The maximum atomic E-state index is 13.9. The molecule has 0 spiro atoms. The van der Waals surface area contributed by atoms with E-state index in [0.29, 0.717) is 42.4 Å². The molecule has 1 N–H and O–H groups in total. The normalized spacial score (nSPS) is 20.0. The summed E-state index contributed by atoms with van der Waals surface area (Å²) in [5.41, 5.74) is 6.43. The van der Waals surface area contributed by atoms with Crippen molar-refractivity contribution in [2.45, 2.75) is 64.6 Å². The summed E-state index contributed by atoms with van der Waals surface area (Å²) in [6.45, 7) is 10.1. The lowest BCUT2D eigenvalue weighted by atomic mass is 9.98. The molecule has 12 nitrogen and oxygen atoms in total. The SMILES string of the molecule is CCc1c(-c2cc(Nc3cnc(N4CCN(C5COC5)C[C@@H]4C)cn3)c(=O)n(C)c2)ccnc1N1CCn2c(cc3c2CCCC3)C1=O. The van der Waals surface area contributed by atoms with Crippen LogP contribution in [0.4, 0.5) is 23.1 Å². The fourth-order valence-electron chi connectivity index (χ4n) is 7.88. The predicted octanol–water partition coefficient (Wildman–Crippen LogP) is 3.79. The molecule has 0 unspecified atom stereocenters. The molecule has 48 heavy (non-hydrogen) atoms. The minimum absolute atomic E-state index is 0.00377. The molecule has 1 aliphatic carbocycles. The summed E-state index contributed by atoms with van der Waals surface area (Å²) in [7, 11) is 1.75. The third-order valence-corrected chi connectivity index (χ3v) is 10.5. The van der Waals surface area contributed by atoms with Crippen LogP contribution >= 0.6 is 0 Å². The summed E-state index contributed by atoms with van der Waals surface area (Å²) in [4.78, 5) is 47.9. The Morgan fingerprint density at radius 2 is 1.85 bits per heavy atom. The maximum Gasteiger partial charge on any atom is 0.276 e. The van der Waals surface area contributed by atoms with Crippen LogP contribution in [0.1, 0.15) is 54.0 Å². The first-order chi connectivity index (χ1) is 23.4. The van der Waals surface area contributed by atoms with Gasteiger partial charge in [-0.25, -0.2) is 15.0 Å². The Labute approximate surface area is 280 Å². The highest BCUT2D eigenvalue weighted by Crippen LogP contribution is 2.35. The van der Waals surface area contributed by atoms with Crippen LogP contribution in [0.15, 0.2) is 47.8 Å². The van der Waals surface area contributed by atoms with Gasteiger partial charge in [0.2, 0.25) is 0 Å². The Balaban J connectivity index is 1.04. The molecule has 4 aromatic rings. The number of carbonyl (C=O) groups excluding carboxylic acids is 1. The number of nitrogens with zero attached hydrogens (tertiary/aromatic N) is 8. The fourth-order valence-corrected chi connectivity index (χ4v) is 7.88. The molecule has 0 saturated carbocycles. The molecule has 8 rings (SSSR count). The lowest BCUT2D eigenvalue weighted by Crippen LogP contribution is -2.59. The van der Waals surface area contributed by atoms with Gasteiger partial charge >= 0.3 is 0 Å². The summed E-state index contributed by atoms with van der Waals surface area (Å²) in [6, 6.07) is 6.77. The van der Waals surface area contributed by atoms with E-state index in [0.717, 1.165) is 80.4 Å². The lowest BCUT2D eigenvalue weighted by Gasteiger charge is -2.46. The van der Waals surface area contributed by atoms with Gasteiger partial charge < -0.3 is 24.1 Å². The predicted molar refractivity (Wildman–Crippen MR) is 185 cm³/mol. The average Bonchev–Trinajstić information content (AvgIpc) is 3.46. The van der Waals surface area contributed by atoms with Crippen LogP contribution in [0.25, 0.3) is 11.1 Å². The topological polar surface area (TPSA) is 114 Å². The molecule has 2 fully saturated rings. The number of amides is 1. The number of anilines is 4. The van der Waals surface area contributed by atoms with Crippen molar-refractivity contribution in [1.29, 1.82) is 0 Å². The van der Waals surface area contributed by atoms with Gasteiger partial charge in [-0.3, -0.25) is 19.4 Å². The van der Waals surface area contributed by atoms with Crippen molar-refractivity contribution < 1.29 is 9.53 Å². The first kappa shape index (κ1) is 30.8. The van der Waals surface area contributed by atoms with Gasteiger partial charge in [-0.05, 0) is 68.4 Å². The second kappa shape index (κ2) is 12.5. The smallest absolute Gasteiger partial charge is 0.276 e. The third kappa shape index (κ3) is 5.36. The number of hydrogen-bond donors (Lipinski definition) is 1.